The Balaban J connectivity index is 2.41. The Kier molecular flexibility index (Phi) is 2.04. The Labute approximate surface area is 84.7 Å². The summed E-state index contributed by atoms with van der Waals surface area (Å²) in [6.45, 7) is 4.14. The van der Waals surface area contributed by atoms with E-state index in [2.05, 4.69) is 13.8 Å². The topological polar surface area (TPSA) is 46.2 Å². The lowest BCUT2D eigenvalue weighted by Gasteiger charge is -2.27. The molecule has 0 fully saturated rings. The van der Waals surface area contributed by atoms with Crippen molar-refractivity contribution >= 4 is 0 Å². The van der Waals surface area contributed by atoms with Gasteiger partial charge in [-0.3, -0.25) is 0 Å². The lowest BCUT2D eigenvalue weighted by molar-refractivity contribution is 0.409. The minimum atomic E-state index is -0.164. The lowest BCUT2D eigenvalue weighted by Crippen LogP contribution is -2.38. The summed E-state index contributed by atoms with van der Waals surface area (Å²) in [6.07, 6.45) is 2.14. The van der Waals surface area contributed by atoms with Crippen LogP contribution in [0.2, 0.25) is 0 Å². The molecule has 1 aromatic carbocycles. The van der Waals surface area contributed by atoms with Gasteiger partial charge in [0.25, 0.3) is 0 Å². The van der Waals surface area contributed by atoms with Crippen LogP contribution in [0.5, 0.6) is 5.75 Å². The van der Waals surface area contributed by atoms with Crippen molar-refractivity contribution in [1.29, 1.82) is 0 Å². The minimum Gasteiger partial charge on any atom is -0.508 e. The van der Waals surface area contributed by atoms with Crippen LogP contribution in [-0.2, 0) is 6.42 Å². The van der Waals surface area contributed by atoms with Crippen molar-refractivity contribution in [3.05, 3.63) is 29.3 Å². The van der Waals surface area contributed by atoms with E-state index in [1.165, 1.54) is 11.1 Å². The van der Waals surface area contributed by atoms with Crippen molar-refractivity contribution in [3.8, 4) is 5.75 Å². The lowest BCUT2D eigenvalue weighted by atomic mass is 9.84. The number of hydrogen-bond acceptors (Lipinski definition) is 2. The Bertz CT molecular complexity index is 352. The average Bonchev–Trinajstić information content (AvgIpc) is 2.45. The first kappa shape index (κ1) is 9.53. The van der Waals surface area contributed by atoms with Crippen LogP contribution in [0.3, 0.4) is 0 Å². The van der Waals surface area contributed by atoms with Gasteiger partial charge < -0.3 is 10.8 Å². The fourth-order valence-corrected chi connectivity index (χ4v) is 2.38. The monoisotopic (exact) mass is 191 g/mol. The summed E-state index contributed by atoms with van der Waals surface area (Å²) in [5.74, 6) is 0.789. The van der Waals surface area contributed by atoms with E-state index in [0.29, 0.717) is 11.7 Å². The Hall–Kier alpha value is -1.02. The average molecular weight is 191 g/mol. The molecule has 3 N–H and O–H groups in total. The maximum absolute atomic E-state index is 9.35. The molecule has 1 aliphatic rings. The van der Waals surface area contributed by atoms with E-state index in [1.807, 2.05) is 12.1 Å². The van der Waals surface area contributed by atoms with E-state index in [1.54, 1.807) is 6.07 Å². The molecule has 0 bridgehead atoms. The van der Waals surface area contributed by atoms with E-state index in [-0.39, 0.29) is 5.54 Å². The maximum atomic E-state index is 9.35. The number of rotatable bonds is 1. The highest BCUT2D eigenvalue weighted by atomic mass is 16.3. The summed E-state index contributed by atoms with van der Waals surface area (Å²) in [7, 11) is 0. The molecule has 0 heterocycles. The molecule has 0 saturated heterocycles. The molecular formula is C12H17NO. The summed E-state index contributed by atoms with van der Waals surface area (Å²) >= 11 is 0. The molecule has 2 heteroatoms. The molecule has 0 saturated carbocycles. The molecule has 1 aromatic rings. The van der Waals surface area contributed by atoms with Gasteiger partial charge in [-0.1, -0.05) is 6.07 Å². The molecule has 0 radical (unpaired) electrons. The summed E-state index contributed by atoms with van der Waals surface area (Å²) < 4.78 is 0. The van der Waals surface area contributed by atoms with Crippen LogP contribution in [-0.4, -0.2) is 10.6 Å². The van der Waals surface area contributed by atoms with Crippen molar-refractivity contribution in [1.82, 2.24) is 0 Å². The second-order valence-corrected chi connectivity index (χ2v) is 4.80. The molecule has 0 spiro atoms. The van der Waals surface area contributed by atoms with Crippen molar-refractivity contribution in [3.63, 3.8) is 0 Å². The van der Waals surface area contributed by atoms with Crippen LogP contribution < -0.4 is 5.73 Å². The SMILES string of the molecule is CC(C)(N)C1CCc2cc(O)ccc21. The molecule has 1 atom stereocenters. The molecule has 2 nitrogen and oxygen atoms in total. The number of benzene rings is 1. The van der Waals surface area contributed by atoms with Crippen molar-refractivity contribution in [2.45, 2.75) is 38.1 Å². The summed E-state index contributed by atoms with van der Waals surface area (Å²) in [5.41, 5.74) is 8.54. The zero-order chi connectivity index (χ0) is 10.3. The predicted molar refractivity (Wildman–Crippen MR) is 57.4 cm³/mol. The fourth-order valence-electron chi connectivity index (χ4n) is 2.38. The summed E-state index contributed by atoms with van der Waals surface area (Å²) in [6, 6.07) is 5.63. The van der Waals surface area contributed by atoms with Gasteiger partial charge in [0.1, 0.15) is 5.75 Å². The highest BCUT2D eigenvalue weighted by Gasteiger charge is 2.32. The van der Waals surface area contributed by atoms with E-state index >= 15 is 0 Å². The van der Waals surface area contributed by atoms with Crippen LogP contribution in [0.15, 0.2) is 18.2 Å². The van der Waals surface area contributed by atoms with Crippen LogP contribution in [0.4, 0.5) is 0 Å². The zero-order valence-electron chi connectivity index (χ0n) is 8.75. The number of aryl methyl sites for hydroxylation is 1. The third-order valence-corrected chi connectivity index (χ3v) is 3.10. The molecular weight excluding hydrogens is 174 g/mol. The Morgan fingerprint density at radius 3 is 2.79 bits per heavy atom. The third kappa shape index (κ3) is 1.50. The molecule has 1 aliphatic carbocycles. The maximum Gasteiger partial charge on any atom is 0.115 e. The highest BCUT2D eigenvalue weighted by Crippen LogP contribution is 2.40. The van der Waals surface area contributed by atoms with Crippen molar-refractivity contribution < 1.29 is 5.11 Å². The van der Waals surface area contributed by atoms with Gasteiger partial charge in [0.05, 0.1) is 0 Å². The molecule has 1 unspecified atom stereocenters. The predicted octanol–water partition coefficient (Wildman–Crippen LogP) is 2.16. The van der Waals surface area contributed by atoms with Gasteiger partial charge in [-0.05, 0) is 49.9 Å². The second kappa shape index (κ2) is 2.99. The van der Waals surface area contributed by atoms with Gasteiger partial charge in [-0.25, -0.2) is 0 Å². The molecule has 14 heavy (non-hydrogen) atoms. The van der Waals surface area contributed by atoms with Crippen LogP contribution >= 0.6 is 0 Å². The van der Waals surface area contributed by atoms with Gasteiger partial charge >= 0.3 is 0 Å². The van der Waals surface area contributed by atoms with Gasteiger partial charge in [0, 0.05) is 11.5 Å². The first-order valence-electron chi connectivity index (χ1n) is 5.09. The van der Waals surface area contributed by atoms with Crippen LogP contribution in [0, 0.1) is 0 Å². The van der Waals surface area contributed by atoms with Crippen molar-refractivity contribution in [2.24, 2.45) is 5.73 Å². The molecule has 76 valence electrons. The number of fused-ring (bicyclic) bond motifs is 1. The summed E-state index contributed by atoms with van der Waals surface area (Å²) in [5, 5.41) is 9.35. The fraction of sp³-hybridized carbons (Fsp3) is 0.500. The van der Waals surface area contributed by atoms with Gasteiger partial charge in [0.15, 0.2) is 0 Å². The van der Waals surface area contributed by atoms with E-state index in [4.69, 9.17) is 5.73 Å². The van der Waals surface area contributed by atoms with Crippen molar-refractivity contribution in [2.75, 3.05) is 0 Å². The highest BCUT2D eigenvalue weighted by molar-refractivity contribution is 5.41. The quantitative estimate of drug-likeness (QED) is 0.714. The number of phenols is 1. The third-order valence-electron chi connectivity index (χ3n) is 3.10. The van der Waals surface area contributed by atoms with E-state index in [9.17, 15) is 5.11 Å². The van der Waals surface area contributed by atoms with Gasteiger partial charge in [-0.15, -0.1) is 0 Å². The molecule has 2 rings (SSSR count). The largest absolute Gasteiger partial charge is 0.508 e. The first-order chi connectivity index (χ1) is 6.48. The molecule has 0 amide bonds. The number of hydrogen-bond donors (Lipinski definition) is 2. The number of phenolic OH excluding ortho intramolecular Hbond substituents is 1. The Morgan fingerprint density at radius 2 is 2.14 bits per heavy atom. The Morgan fingerprint density at radius 1 is 1.43 bits per heavy atom. The number of aromatic hydroxyl groups is 1. The van der Waals surface area contributed by atoms with Crippen LogP contribution in [0.1, 0.15) is 37.3 Å². The van der Waals surface area contributed by atoms with Gasteiger partial charge in [-0.2, -0.15) is 0 Å². The van der Waals surface area contributed by atoms with Crippen LogP contribution in [0.25, 0.3) is 0 Å². The standard InChI is InChI=1S/C12H17NO/c1-12(2,13)11-6-3-8-7-9(14)4-5-10(8)11/h4-5,7,11,14H,3,6,13H2,1-2H3. The van der Waals surface area contributed by atoms with Gasteiger partial charge in [0.2, 0.25) is 0 Å². The minimum absolute atomic E-state index is 0.164. The first-order valence-corrected chi connectivity index (χ1v) is 5.09. The second-order valence-electron chi connectivity index (χ2n) is 4.80. The zero-order valence-corrected chi connectivity index (χ0v) is 8.75. The van der Waals surface area contributed by atoms with E-state index < -0.39 is 0 Å². The summed E-state index contributed by atoms with van der Waals surface area (Å²) in [4.78, 5) is 0. The smallest absolute Gasteiger partial charge is 0.115 e. The number of nitrogens with two attached hydrogens (primary N) is 1. The molecule has 0 aromatic heterocycles. The van der Waals surface area contributed by atoms with E-state index in [0.717, 1.165) is 12.8 Å². The molecule has 0 aliphatic heterocycles. The normalized spacial score (nSPS) is 20.9.